The molecule has 23 heavy (non-hydrogen) atoms. The van der Waals surface area contributed by atoms with Gasteiger partial charge in [-0.15, -0.1) is 0 Å². The van der Waals surface area contributed by atoms with Crippen LogP contribution < -0.4 is 5.73 Å². The Bertz CT molecular complexity index is 837. The maximum Gasteiger partial charge on any atom is 0.221 e. The van der Waals surface area contributed by atoms with Crippen molar-refractivity contribution in [2.24, 2.45) is 5.10 Å². The second kappa shape index (κ2) is 6.36. The maximum atomic E-state index is 10.0. The zero-order valence-corrected chi connectivity index (χ0v) is 12.8. The Labute approximate surface area is 134 Å². The summed E-state index contributed by atoms with van der Waals surface area (Å²) in [6.07, 6.45) is 4.12. The van der Waals surface area contributed by atoms with Crippen LogP contribution in [0.3, 0.4) is 0 Å². The van der Waals surface area contributed by atoms with Crippen LogP contribution in [0, 0.1) is 6.92 Å². The molecule has 3 aromatic rings. The predicted molar refractivity (Wildman–Crippen MR) is 91.7 cm³/mol. The van der Waals surface area contributed by atoms with Crippen LogP contribution in [-0.4, -0.2) is 21.0 Å². The van der Waals surface area contributed by atoms with Gasteiger partial charge >= 0.3 is 0 Å². The van der Waals surface area contributed by atoms with Crippen molar-refractivity contribution < 1.29 is 5.11 Å². The van der Waals surface area contributed by atoms with E-state index in [2.05, 4.69) is 22.2 Å². The quantitative estimate of drug-likeness (QED) is 0.728. The number of nitrogens with zero attached hydrogens (tertiary/aromatic N) is 3. The molecule has 0 bridgehead atoms. The normalized spacial score (nSPS) is 11.2. The van der Waals surface area contributed by atoms with E-state index in [9.17, 15) is 5.11 Å². The van der Waals surface area contributed by atoms with Crippen molar-refractivity contribution >= 4 is 12.2 Å². The Hall–Kier alpha value is -3.08. The third-order valence-electron chi connectivity index (χ3n) is 3.50. The lowest BCUT2D eigenvalue weighted by atomic mass is 10.0. The zero-order chi connectivity index (χ0) is 16.2. The minimum Gasteiger partial charge on any atom is -0.507 e. The number of hydrogen-bond acceptors (Lipinski definition) is 4. The molecule has 5 heteroatoms. The highest BCUT2D eigenvalue weighted by Crippen LogP contribution is 2.19. The monoisotopic (exact) mass is 306 g/mol. The smallest absolute Gasteiger partial charge is 0.221 e. The first-order valence-corrected chi connectivity index (χ1v) is 7.33. The molecule has 116 valence electrons. The van der Waals surface area contributed by atoms with Crippen molar-refractivity contribution in [2.45, 2.75) is 13.3 Å². The van der Waals surface area contributed by atoms with Gasteiger partial charge in [0.1, 0.15) is 5.75 Å². The van der Waals surface area contributed by atoms with Crippen molar-refractivity contribution in [3.63, 3.8) is 0 Å². The number of aromatic nitrogens is 2. The molecule has 0 unspecified atom stereocenters. The lowest BCUT2D eigenvalue weighted by Crippen LogP contribution is -1.97. The van der Waals surface area contributed by atoms with Crippen molar-refractivity contribution in [1.29, 1.82) is 0 Å². The van der Waals surface area contributed by atoms with Crippen molar-refractivity contribution in [2.75, 3.05) is 5.73 Å². The number of rotatable bonds is 4. The molecule has 3 rings (SSSR count). The van der Waals surface area contributed by atoms with Gasteiger partial charge in [0.2, 0.25) is 5.95 Å². The molecule has 0 saturated carbocycles. The number of aryl methyl sites for hydroxylation is 1. The molecular formula is C18H18N4O. The minimum absolute atomic E-state index is 0.181. The summed E-state index contributed by atoms with van der Waals surface area (Å²) in [5.74, 6) is 0.500. The first-order chi connectivity index (χ1) is 11.1. The minimum atomic E-state index is 0.181. The Balaban J connectivity index is 1.84. The van der Waals surface area contributed by atoms with Gasteiger partial charge in [-0.2, -0.15) is 5.10 Å². The van der Waals surface area contributed by atoms with Gasteiger partial charge in [-0.3, -0.25) is 0 Å². The predicted octanol–water partition coefficient (Wildman–Crippen LogP) is 2.95. The molecule has 0 spiro atoms. The van der Waals surface area contributed by atoms with E-state index in [0.29, 0.717) is 11.5 Å². The lowest BCUT2D eigenvalue weighted by Gasteiger charge is -2.05. The summed E-state index contributed by atoms with van der Waals surface area (Å²) in [5.41, 5.74) is 9.51. The molecule has 0 saturated heterocycles. The second-order valence-corrected chi connectivity index (χ2v) is 5.39. The van der Waals surface area contributed by atoms with Crippen molar-refractivity contribution in [3.05, 3.63) is 77.1 Å². The fourth-order valence-corrected chi connectivity index (χ4v) is 2.37. The average molecular weight is 306 g/mol. The number of benzene rings is 2. The van der Waals surface area contributed by atoms with Crippen LogP contribution in [0.25, 0.3) is 0 Å². The summed E-state index contributed by atoms with van der Waals surface area (Å²) in [6.45, 7) is 1.85. The van der Waals surface area contributed by atoms with E-state index in [4.69, 9.17) is 5.73 Å². The van der Waals surface area contributed by atoms with E-state index < -0.39 is 0 Å². The van der Waals surface area contributed by atoms with Crippen molar-refractivity contribution in [1.82, 2.24) is 9.66 Å². The highest BCUT2D eigenvalue weighted by atomic mass is 16.3. The van der Waals surface area contributed by atoms with E-state index >= 15 is 0 Å². The van der Waals surface area contributed by atoms with Crippen molar-refractivity contribution in [3.8, 4) is 5.75 Å². The van der Waals surface area contributed by atoms with E-state index in [1.165, 1.54) is 10.2 Å². The van der Waals surface area contributed by atoms with Gasteiger partial charge in [0.05, 0.1) is 18.1 Å². The van der Waals surface area contributed by atoms with E-state index in [0.717, 1.165) is 17.7 Å². The highest BCUT2D eigenvalue weighted by molar-refractivity contribution is 5.83. The Morgan fingerprint density at radius 2 is 1.96 bits per heavy atom. The van der Waals surface area contributed by atoms with Gasteiger partial charge < -0.3 is 10.8 Å². The van der Waals surface area contributed by atoms with Crippen LogP contribution in [0.1, 0.15) is 22.4 Å². The van der Waals surface area contributed by atoms with Crippen LogP contribution in [0.4, 0.5) is 5.95 Å². The number of aromatic hydroxyl groups is 1. The fourth-order valence-electron chi connectivity index (χ4n) is 2.37. The molecular weight excluding hydrogens is 288 g/mol. The second-order valence-electron chi connectivity index (χ2n) is 5.39. The Kier molecular flexibility index (Phi) is 4.10. The Morgan fingerprint density at radius 1 is 1.17 bits per heavy atom. The number of hydrogen-bond donors (Lipinski definition) is 2. The molecule has 0 fully saturated rings. The standard InChI is InChI=1S/C18H18N4O/c1-13-12-22(18(19)21-13)20-11-16-10-15(7-8-17(16)23)9-14-5-3-2-4-6-14/h2-8,10-12,23H,9H2,1H3,(H2,19,21). The molecule has 0 amide bonds. The summed E-state index contributed by atoms with van der Waals surface area (Å²) < 4.78 is 1.48. The molecule has 0 aliphatic carbocycles. The van der Waals surface area contributed by atoms with E-state index in [-0.39, 0.29) is 5.75 Å². The van der Waals surface area contributed by atoms with Gasteiger partial charge in [0.25, 0.3) is 0 Å². The number of nitrogen functional groups attached to an aromatic ring is 1. The van der Waals surface area contributed by atoms with Gasteiger partial charge in [-0.25, -0.2) is 9.66 Å². The number of anilines is 1. The van der Waals surface area contributed by atoms with Gasteiger partial charge in [0, 0.05) is 5.56 Å². The fraction of sp³-hybridized carbons (Fsp3) is 0.111. The Morgan fingerprint density at radius 3 is 2.65 bits per heavy atom. The third kappa shape index (κ3) is 3.58. The maximum absolute atomic E-state index is 10.0. The third-order valence-corrected chi connectivity index (χ3v) is 3.50. The zero-order valence-electron chi connectivity index (χ0n) is 12.8. The molecule has 2 aromatic carbocycles. The van der Waals surface area contributed by atoms with Crippen LogP contribution >= 0.6 is 0 Å². The molecule has 0 radical (unpaired) electrons. The van der Waals surface area contributed by atoms with E-state index in [1.807, 2.05) is 37.3 Å². The van der Waals surface area contributed by atoms with Gasteiger partial charge in [0.15, 0.2) is 0 Å². The summed E-state index contributed by atoms with van der Waals surface area (Å²) >= 11 is 0. The SMILES string of the molecule is Cc1cn(N=Cc2cc(Cc3ccccc3)ccc2O)c(N)n1. The number of phenols is 1. The average Bonchev–Trinajstić information content (AvgIpc) is 2.86. The van der Waals surface area contributed by atoms with E-state index in [1.54, 1.807) is 18.5 Å². The molecule has 0 aliphatic rings. The van der Waals surface area contributed by atoms with Crippen LogP contribution in [0.5, 0.6) is 5.75 Å². The number of imidazole rings is 1. The molecule has 3 N–H and O–H groups in total. The molecule has 5 nitrogen and oxygen atoms in total. The van der Waals surface area contributed by atoms with Crippen LogP contribution in [0.2, 0.25) is 0 Å². The van der Waals surface area contributed by atoms with Gasteiger partial charge in [-0.1, -0.05) is 36.4 Å². The van der Waals surface area contributed by atoms with Crippen LogP contribution in [-0.2, 0) is 6.42 Å². The first-order valence-electron chi connectivity index (χ1n) is 7.33. The largest absolute Gasteiger partial charge is 0.507 e. The number of phenolic OH excluding ortho intramolecular Hbond substituents is 1. The summed E-state index contributed by atoms with van der Waals surface area (Å²) in [7, 11) is 0. The summed E-state index contributed by atoms with van der Waals surface area (Å²) in [5, 5.41) is 14.3. The molecule has 0 aliphatic heterocycles. The van der Waals surface area contributed by atoms with Crippen LogP contribution in [0.15, 0.2) is 59.8 Å². The summed E-state index contributed by atoms with van der Waals surface area (Å²) in [4.78, 5) is 4.08. The number of nitrogens with two attached hydrogens (primary N) is 1. The van der Waals surface area contributed by atoms with Gasteiger partial charge in [-0.05, 0) is 36.6 Å². The highest BCUT2D eigenvalue weighted by Gasteiger charge is 2.03. The molecule has 1 heterocycles. The summed E-state index contributed by atoms with van der Waals surface area (Å²) in [6, 6.07) is 15.7. The first kappa shape index (κ1) is 14.8. The molecule has 1 aromatic heterocycles. The molecule has 0 atom stereocenters. The topological polar surface area (TPSA) is 76.4 Å². The lowest BCUT2D eigenvalue weighted by molar-refractivity contribution is 0.474.